The number of benzene rings is 2. The van der Waals surface area contributed by atoms with Crippen LogP contribution >= 0.6 is 11.8 Å². The molecule has 3 rings (SSSR count). The lowest BCUT2D eigenvalue weighted by molar-refractivity contribution is -0.131. The summed E-state index contributed by atoms with van der Waals surface area (Å²) in [5.41, 5.74) is 0.372. The highest BCUT2D eigenvalue weighted by Gasteiger charge is 2.32. The van der Waals surface area contributed by atoms with Crippen LogP contribution in [-0.2, 0) is 14.8 Å². The molecule has 1 aliphatic heterocycles. The van der Waals surface area contributed by atoms with Gasteiger partial charge in [-0.1, -0.05) is 19.1 Å². The van der Waals surface area contributed by atoms with E-state index in [0.29, 0.717) is 37.1 Å². The number of thioether (sulfide) groups is 1. The van der Waals surface area contributed by atoms with Crippen LogP contribution in [0.1, 0.15) is 26.7 Å². The average Bonchev–Trinajstić information content (AvgIpc) is 2.78. The summed E-state index contributed by atoms with van der Waals surface area (Å²) in [6.07, 6.45) is 3.96. The molecule has 0 aromatic heterocycles. The molecule has 0 bridgehead atoms. The molecule has 1 heterocycles. The molecular formula is C23H30N2O4S2. The number of amides is 1. The summed E-state index contributed by atoms with van der Waals surface area (Å²) >= 11 is 1.54. The highest BCUT2D eigenvalue weighted by atomic mass is 32.2. The summed E-state index contributed by atoms with van der Waals surface area (Å²) in [5.74, 6) is 0.661. The molecular weight excluding hydrogens is 432 g/mol. The minimum atomic E-state index is -3.97. The fourth-order valence-corrected chi connectivity index (χ4v) is 5.59. The van der Waals surface area contributed by atoms with Gasteiger partial charge < -0.3 is 9.64 Å². The SMILES string of the molecule is CCOc1ccccc1N(CC(=O)N1CCCC(C)C1)S(=O)(=O)c1ccc(SC)cc1. The van der Waals surface area contributed by atoms with E-state index in [4.69, 9.17) is 4.74 Å². The summed E-state index contributed by atoms with van der Waals surface area (Å²) in [6, 6.07) is 13.7. The van der Waals surface area contributed by atoms with Crippen molar-refractivity contribution in [2.75, 3.05) is 36.8 Å². The summed E-state index contributed by atoms with van der Waals surface area (Å²) in [7, 11) is -3.97. The Labute approximate surface area is 189 Å². The van der Waals surface area contributed by atoms with Gasteiger partial charge in [0.05, 0.1) is 17.2 Å². The summed E-state index contributed by atoms with van der Waals surface area (Å²) in [5, 5.41) is 0. The number of nitrogens with zero attached hydrogens (tertiary/aromatic N) is 2. The van der Waals surface area contributed by atoms with Crippen LogP contribution in [0, 0.1) is 5.92 Å². The van der Waals surface area contributed by atoms with Gasteiger partial charge in [0, 0.05) is 18.0 Å². The number of sulfonamides is 1. The number of piperidine rings is 1. The maximum absolute atomic E-state index is 13.7. The molecule has 1 aliphatic rings. The molecule has 0 N–H and O–H groups in total. The largest absolute Gasteiger partial charge is 0.492 e. The van der Waals surface area contributed by atoms with Gasteiger partial charge >= 0.3 is 0 Å². The number of likely N-dealkylation sites (tertiary alicyclic amines) is 1. The van der Waals surface area contributed by atoms with Gasteiger partial charge in [0.1, 0.15) is 12.3 Å². The number of rotatable bonds is 8. The Morgan fingerprint density at radius 2 is 1.90 bits per heavy atom. The molecule has 1 fully saturated rings. The number of hydrogen-bond donors (Lipinski definition) is 0. The van der Waals surface area contributed by atoms with Gasteiger partial charge in [-0.2, -0.15) is 0 Å². The fourth-order valence-electron chi connectivity index (χ4n) is 3.75. The fraction of sp³-hybridized carbons (Fsp3) is 0.435. The first-order valence-corrected chi connectivity index (χ1v) is 13.2. The normalized spacial score (nSPS) is 16.7. The van der Waals surface area contributed by atoms with E-state index in [-0.39, 0.29) is 17.3 Å². The number of anilines is 1. The molecule has 1 saturated heterocycles. The molecule has 2 aromatic rings. The van der Waals surface area contributed by atoms with E-state index in [2.05, 4.69) is 6.92 Å². The second-order valence-electron chi connectivity index (χ2n) is 7.68. The van der Waals surface area contributed by atoms with Crippen LogP contribution in [0.5, 0.6) is 5.75 Å². The standard InChI is InChI=1S/C23H30N2O4S2/c1-4-29-22-10-6-5-9-21(22)25(17-23(26)24-15-7-8-18(2)16-24)31(27,28)20-13-11-19(30-3)12-14-20/h5-6,9-14,18H,4,7-8,15-17H2,1-3H3. The Balaban J connectivity index is 2.00. The van der Waals surface area contributed by atoms with Crippen molar-refractivity contribution >= 4 is 33.4 Å². The molecule has 0 aliphatic carbocycles. The molecule has 2 aromatic carbocycles. The molecule has 8 heteroatoms. The molecule has 1 amide bonds. The number of para-hydroxylation sites is 2. The zero-order chi connectivity index (χ0) is 22.4. The van der Waals surface area contributed by atoms with Gasteiger partial charge in [0.15, 0.2) is 0 Å². The van der Waals surface area contributed by atoms with Crippen LogP contribution in [-0.4, -0.2) is 51.7 Å². The van der Waals surface area contributed by atoms with Crippen molar-refractivity contribution in [3.8, 4) is 5.75 Å². The molecule has 168 valence electrons. The Hall–Kier alpha value is -2.19. The van der Waals surface area contributed by atoms with Crippen molar-refractivity contribution in [3.63, 3.8) is 0 Å². The van der Waals surface area contributed by atoms with Gasteiger partial charge in [-0.05, 0) is 68.3 Å². The van der Waals surface area contributed by atoms with Crippen LogP contribution in [0.15, 0.2) is 58.3 Å². The van der Waals surface area contributed by atoms with E-state index >= 15 is 0 Å². The molecule has 31 heavy (non-hydrogen) atoms. The average molecular weight is 463 g/mol. The zero-order valence-electron chi connectivity index (χ0n) is 18.3. The lowest BCUT2D eigenvalue weighted by Crippen LogP contribution is -2.46. The van der Waals surface area contributed by atoms with Crippen LogP contribution in [0.25, 0.3) is 0 Å². The topological polar surface area (TPSA) is 66.9 Å². The number of hydrogen-bond acceptors (Lipinski definition) is 5. The van der Waals surface area contributed by atoms with Crippen LogP contribution in [0.4, 0.5) is 5.69 Å². The quantitative estimate of drug-likeness (QED) is 0.549. The van der Waals surface area contributed by atoms with Crippen molar-refractivity contribution in [3.05, 3.63) is 48.5 Å². The molecule has 1 unspecified atom stereocenters. The second kappa shape index (κ2) is 10.4. The highest BCUT2D eigenvalue weighted by Crippen LogP contribution is 2.33. The first-order valence-electron chi connectivity index (χ1n) is 10.5. The van der Waals surface area contributed by atoms with Gasteiger partial charge in [-0.15, -0.1) is 11.8 Å². The van der Waals surface area contributed by atoms with E-state index in [1.807, 2.05) is 13.2 Å². The minimum absolute atomic E-state index is 0.149. The monoisotopic (exact) mass is 462 g/mol. The van der Waals surface area contributed by atoms with Crippen LogP contribution < -0.4 is 9.04 Å². The van der Waals surface area contributed by atoms with Gasteiger partial charge in [0.25, 0.3) is 10.0 Å². The van der Waals surface area contributed by atoms with Crippen LogP contribution in [0.2, 0.25) is 0 Å². The predicted molar refractivity (Wildman–Crippen MR) is 125 cm³/mol. The number of carbonyl (C=O) groups excluding carboxylic acids is 1. The lowest BCUT2D eigenvalue weighted by Gasteiger charge is -2.33. The molecule has 6 nitrogen and oxygen atoms in total. The Bertz CT molecular complexity index is 993. The number of ether oxygens (including phenoxy) is 1. The predicted octanol–water partition coefficient (Wildman–Crippen LogP) is 4.26. The highest BCUT2D eigenvalue weighted by molar-refractivity contribution is 7.98. The first kappa shape index (κ1) is 23.5. The van der Waals surface area contributed by atoms with Crippen LogP contribution in [0.3, 0.4) is 0 Å². The maximum atomic E-state index is 13.7. The molecule has 1 atom stereocenters. The van der Waals surface area contributed by atoms with E-state index in [1.165, 1.54) is 4.31 Å². The molecule has 0 radical (unpaired) electrons. The van der Waals surface area contributed by atoms with Crippen molar-refractivity contribution < 1.29 is 17.9 Å². The zero-order valence-corrected chi connectivity index (χ0v) is 19.9. The molecule has 0 saturated carbocycles. The minimum Gasteiger partial charge on any atom is -0.492 e. The maximum Gasteiger partial charge on any atom is 0.264 e. The second-order valence-corrected chi connectivity index (χ2v) is 10.4. The van der Waals surface area contributed by atoms with Crippen molar-refractivity contribution in [1.82, 2.24) is 4.90 Å². The Morgan fingerprint density at radius 3 is 2.55 bits per heavy atom. The van der Waals surface area contributed by atoms with Crippen molar-refractivity contribution in [2.24, 2.45) is 5.92 Å². The first-order chi connectivity index (χ1) is 14.9. The Kier molecular flexibility index (Phi) is 7.89. The van der Waals surface area contributed by atoms with Gasteiger partial charge in [0.2, 0.25) is 5.91 Å². The van der Waals surface area contributed by atoms with E-state index < -0.39 is 10.0 Å². The van der Waals surface area contributed by atoms with E-state index in [9.17, 15) is 13.2 Å². The summed E-state index contributed by atoms with van der Waals surface area (Å²) in [6.45, 7) is 5.41. The van der Waals surface area contributed by atoms with Gasteiger partial charge in [-0.25, -0.2) is 8.42 Å². The van der Waals surface area contributed by atoms with Gasteiger partial charge in [-0.3, -0.25) is 9.10 Å². The summed E-state index contributed by atoms with van der Waals surface area (Å²) in [4.78, 5) is 16.0. The third-order valence-electron chi connectivity index (χ3n) is 5.37. The smallest absolute Gasteiger partial charge is 0.264 e. The van der Waals surface area contributed by atoms with Crippen molar-refractivity contribution in [2.45, 2.75) is 36.5 Å². The van der Waals surface area contributed by atoms with E-state index in [0.717, 1.165) is 17.7 Å². The third-order valence-corrected chi connectivity index (χ3v) is 7.89. The number of carbonyl (C=O) groups is 1. The molecule has 0 spiro atoms. The Morgan fingerprint density at radius 1 is 1.19 bits per heavy atom. The van der Waals surface area contributed by atoms with E-state index in [1.54, 1.807) is 65.2 Å². The summed E-state index contributed by atoms with van der Waals surface area (Å²) < 4.78 is 34.2. The van der Waals surface area contributed by atoms with Crippen molar-refractivity contribution in [1.29, 1.82) is 0 Å². The lowest BCUT2D eigenvalue weighted by atomic mass is 10.0. The third kappa shape index (κ3) is 5.54.